The Labute approximate surface area is 125 Å². The molecule has 0 amide bonds. The van der Waals surface area contributed by atoms with E-state index >= 15 is 0 Å². The van der Waals surface area contributed by atoms with E-state index in [9.17, 15) is 0 Å². The second-order valence-corrected chi connectivity index (χ2v) is 5.07. The highest BCUT2D eigenvalue weighted by Crippen LogP contribution is 2.16. The maximum absolute atomic E-state index is 5.27. The Morgan fingerprint density at radius 3 is 2.38 bits per heavy atom. The zero-order chi connectivity index (χ0) is 15.2. The van der Waals surface area contributed by atoms with Gasteiger partial charge in [-0.2, -0.15) is 5.10 Å². The Hall–Kier alpha value is -1.69. The molecule has 1 aromatic heterocycles. The normalized spacial score (nSPS) is 14.3. The number of para-hydroxylation sites is 1. The van der Waals surface area contributed by atoms with Gasteiger partial charge in [0.25, 0.3) is 0 Å². The van der Waals surface area contributed by atoms with Crippen LogP contribution in [0.15, 0.2) is 42.7 Å². The van der Waals surface area contributed by atoms with Crippen molar-refractivity contribution in [2.24, 2.45) is 0 Å². The van der Waals surface area contributed by atoms with E-state index in [2.05, 4.69) is 17.3 Å². The Kier molecular flexibility index (Phi) is 5.50. The third-order valence-electron chi connectivity index (χ3n) is 3.51. The first-order valence-corrected chi connectivity index (χ1v) is 7.07. The number of hydrogen-bond acceptors (Lipinski definition) is 4. The summed E-state index contributed by atoms with van der Waals surface area (Å²) in [6.07, 6.45) is 3.65. The van der Waals surface area contributed by atoms with Gasteiger partial charge < -0.3 is 14.8 Å². The lowest BCUT2D eigenvalue weighted by Crippen LogP contribution is -2.40. The van der Waals surface area contributed by atoms with Crippen LogP contribution in [0.3, 0.4) is 0 Å². The highest BCUT2D eigenvalue weighted by Gasteiger charge is 2.19. The summed E-state index contributed by atoms with van der Waals surface area (Å²) in [6, 6.07) is 10.3. The van der Waals surface area contributed by atoms with E-state index in [1.165, 1.54) is 0 Å². The van der Waals surface area contributed by atoms with Crippen LogP contribution in [0.4, 0.5) is 0 Å². The van der Waals surface area contributed by atoms with E-state index in [0.717, 1.165) is 11.3 Å². The molecule has 0 radical (unpaired) electrons. The minimum Gasteiger partial charge on any atom is -0.354 e. The first kappa shape index (κ1) is 15.7. The van der Waals surface area contributed by atoms with Crippen LogP contribution in [0.1, 0.15) is 25.5 Å². The summed E-state index contributed by atoms with van der Waals surface area (Å²) in [4.78, 5) is 0. The summed E-state index contributed by atoms with van der Waals surface area (Å²) in [5.74, 6) is 0. The molecule has 0 saturated heterocycles. The van der Waals surface area contributed by atoms with Crippen molar-refractivity contribution in [3.63, 3.8) is 0 Å². The lowest BCUT2D eigenvalue weighted by atomic mass is 10.1. The van der Waals surface area contributed by atoms with Gasteiger partial charge >= 0.3 is 0 Å². The van der Waals surface area contributed by atoms with Crippen LogP contribution in [0, 0.1) is 0 Å². The number of hydrogen-bond donors (Lipinski definition) is 1. The molecule has 0 bridgehead atoms. The molecule has 0 aliphatic heterocycles. The molecule has 114 valence electrons. The highest BCUT2D eigenvalue weighted by molar-refractivity contribution is 5.31. The molecule has 1 N–H and O–H groups in total. The molecule has 1 aromatic carbocycles. The summed E-state index contributed by atoms with van der Waals surface area (Å²) in [5, 5.41) is 7.87. The van der Waals surface area contributed by atoms with Gasteiger partial charge in [0, 0.05) is 32.0 Å². The zero-order valence-electron chi connectivity index (χ0n) is 13.0. The van der Waals surface area contributed by atoms with Crippen LogP contribution < -0.4 is 5.32 Å². The van der Waals surface area contributed by atoms with Crippen LogP contribution in [-0.2, 0) is 9.47 Å². The van der Waals surface area contributed by atoms with Crippen molar-refractivity contribution >= 4 is 0 Å². The van der Waals surface area contributed by atoms with Crippen LogP contribution >= 0.6 is 0 Å². The number of ether oxygens (including phenoxy) is 2. The first-order chi connectivity index (χ1) is 10.2. The van der Waals surface area contributed by atoms with Crippen LogP contribution in [-0.4, -0.2) is 36.3 Å². The molecule has 2 unspecified atom stereocenters. The molecule has 0 aliphatic rings. The molecule has 0 spiro atoms. The standard InChI is InChI=1S/C16H23N3O2/c1-12(18-13(2)16(20-3)21-4)14-10-17-19(11-14)15-8-6-5-7-9-15/h5-13,16,18H,1-4H3. The van der Waals surface area contributed by atoms with Gasteiger partial charge in [-0.1, -0.05) is 18.2 Å². The van der Waals surface area contributed by atoms with E-state index in [1.807, 2.05) is 54.3 Å². The summed E-state index contributed by atoms with van der Waals surface area (Å²) in [7, 11) is 3.29. The van der Waals surface area contributed by atoms with Gasteiger partial charge in [-0.3, -0.25) is 0 Å². The van der Waals surface area contributed by atoms with Crippen molar-refractivity contribution < 1.29 is 9.47 Å². The van der Waals surface area contributed by atoms with Crippen molar-refractivity contribution in [3.05, 3.63) is 48.3 Å². The fraction of sp³-hybridized carbons (Fsp3) is 0.438. The number of nitrogens with zero attached hydrogens (tertiary/aromatic N) is 2. The minimum atomic E-state index is -0.267. The average molecular weight is 289 g/mol. The monoisotopic (exact) mass is 289 g/mol. The maximum atomic E-state index is 5.27. The van der Waals surface area contributed by atoms with Gasteiger partial charge in [-0.25, -0.2) is 4.68 Å². The van der Waals surface area contributed by atoms with Crippen LogP contribution in [0.5, 0.6) is 0 Å². The van der Waals surface area contributed by atoms with Crippen molar-refractivity contribution in [1.82, 2.24) is 15.1 Å². The zero-order valence-corrected chi connectivity index (χ0v) is 13.0. The molecule has 5 nitrogen and oxygen atoms in total. The predicted molar refractivity (Wildman–Crippen MR) is 82.4 cm³/mol. The lowest BCUT2D eigenvalue weighted by Gasteiger charge is -2.25. The van der Waals surface area contributed by atoms with Crippen molar-refractivity contribution in [2.45, 2.75) is 32.2 Å². The van der Waals surface area contributed by atoms with Gasteiger partial charge in [0.05, 0.1) is 17.9 Å². The molecule has 2 rings (SSSR count). The first-order valence-electron chi connectivity index (χ1n) is 7.07. The number of aromatic nitrogens is 2. The quantitative estimate of drug-likeness (QED) is 0.796. The Bertz CT molecular complexity index is 537. The molecule has 0 saturated carbocycles. The molecule has 2 aromatic rings. The summed E-state index contributed by atoms with van der Waals surface area (Å²) < 4.78 is 12.4. The van der Waals surface area contributed by atoms with Gasteiger partial charge in [0.15, 0.2) is 6.29 Å². The Morgan fingerprint density at radius 2 is 1.76 bits per heavy atom. The Balaban J connectivity index is 2.04. The molecular weight excluding hydrogens is 266 g/mol. The molecule has 2 atom stereocenters. The topological polar surface area (TPSA) is 48.3 Å². The van der Waals surface area contributed by atoms with Gasteiger partial charge in [0.2, 0.25) is 0 Å². The molecule has 1 heterocycles. The van der Waals surface area contributed by atoms with E-state index < -0.39 is 0 Å². The maximum Gasteiger partial charge on any atom is 0.171 e. The predicted octanol–water partition coefficient (Wildman–Crippen LogP) is 2.53. The van der Waals surface area contributed by atoms with Gasteiger partial charge in [0.1, 0.15) is 0 Å². The number of rotatable bonds is 7. The van der Waals surface area contributed by atoms with E-state index in [-0.39, 0.29) is 18.4 Å². The number of nitrogens with one attached hydrogen (secondary N) is 1. The van der Waals surface area contributed by atoms with E-state index in [0.29, 0.717) is 0 Å². The summed E-state index contributed by atoms with van der Waals surface area (Å²) >= 11 is 0. The van der Waals surface area contributed by atoms with Gasteiger partial charge in [-0.15, -0.1) is 0 Å². The fourth-order valence-corrected chi connectivity index (χ4v) is 2.36. The van der Waals surface area contributed by atoms with Crippen LogP contribution in [0.25, 0.3) is 5.69 Å². The van der Waals surface area contributed by atoms with E-state index in [4.69, 9.17) is 9.47 Å². The largest absolute Gasteiger partial charge is 0.354 e. The molecule has 0 aliphatic carbocycles. The van der Waals surface area contributed by atoms with Crippen molar-refractivity contribution in [3.8, 4) is 5.69 Å². The average Bonchev–Trinajstić information content (AvgIpc) is 2.99. The minimum absolute atomic E-state index is 0.0788. The van der Waals surface area contributed by atoms with Crippen molar-refractivity contribution in [2.75, 3.05) is 14.2 Å². The number of methoxy groups -OCH3 is 2. The third-order valence-corrected chi connectivity index (χ3v) is 3.51. The van der Waals surface area contributed by atoms with Crippen molar-refractivity contribution in [1.29, 1.82) is 0 Å². The molecule has 5 heteroatoms. The number of benzene rings is 1. The summed E-state index contributed by atoms with van der Waals surface area (Å²) in [5.41, 5.74) is 2.17. The lowest BCUT2D eigenvalue weighted by molar-refractivity contribution is -0.120. The van der Waals surface area contributed by atoms with Gasteiger partial charge in [-0.05, 0) is 26.0 Å². The molecule has 21 heavy (non-hydrogen) atoms. The molecular formula is C16H23N3O2. The second kappa shape index (κ2) is 7.36. The van der Waals surface area contributed by atoms with E-state index in [1.54, 1.807) is 14.2 Å². The Morgan fingerprint density at radius 1 is 1.10 bits per heavy atom. The third kappa shape index (κ3) is 3.91. The highest BCUT2D eigenvalue weighted by atomic mass is 16.7. The fourth-order valence-electron chi connectivity index (χ4n) is 2.36. The molecule has 0 fully saturated rings. The van der Waals surface area contributed by atoms with Crippen LogP contribution in [0.2, 0.25) is 0 Å². The summed E-state index contributed by atoms with van der Waals surface area (Å²) in [6.45, 7) is 4.14. The smallest absolute Gasteiger partial charge is 0.171 e. The SMILES string of the molecule is COC(OC)C(C)NC(C)c1cnn(-c2ccccc2)c1. The second-order valence-electron chi connectivity index (χ2n) is 5.07.